The third kappa shape index (κ3) is 8.71. The van der Waals surface area contributed by atoms with Crippen LogP contribution in [-0.4, -0.2) is 138 Å². The van der Waals surface area contributed by atoms with Gasteiger partial charge in [0.1, 0.15) is 30.7 Å². The smallest absolute Gasteiger partial charge is 0.308 e. The van der Waals surface area contributed by atoms with E-state index in [-0.39, 0.29) is 110 Å². The average molecular weight is 867 g/mol. The van der Waals surface area contributed by atoms with Crippen molar-refractivity contribution in [1.29, 1.82) is 0 Å². The van der Waals surface area contributed by atoms with Crippen molar-refractivity contribution in [2.24, 2.45) is 11.8 Å². The molecule has 0 spiro atoms. The Balaban J connectivity index is 0.817. The van der Waals surface area contributed by atoms with Gasteiger partial charge in [0.25, 0.3) is 0 Å². The number of hydrogen-bond acceptors (Lipinski definition) is 13. The number of aldehydes is 1. The van der Waals surface area contributed by atoms with Gasteiger partial charge in [-0.2, -0.15) is 0 Å². The Labute approximate surface area is 366 Å². The molecule has 10 aliphatic rings. The molecule has 344 valence electrons. The second-order valence-corrected chi connectivity index (χ2v) is 21.2. The highest BCUT2D eigenvalue weighted by Gasteiger charge is 2.57. The number of aliphatic hydroxyl groups excluding tert-OH is 1. The van der Waals surface area contributed by atoms with Crippen molar-refractivity contribution in [1.82, 2.24) is 0 Å². The Morgan fingerprint density at radius 1 is 0.694 bits per heavy atom. The molecule has 62 heavy (non-hydrogen) atoms. The van der Waals surface area contributed by atoms with Gasteiger partial charge in [0.2, 0.25) is 0 Å². The lowest BCUT2D eigenvalue weighted by atomic mass is 9.78. The first-order chi connectivity index (χ1) is 29.8. The maximum Gasteiger partial charge on any atom is 0.308 e. The fourth-order valence-corrected chi connectivity index (χ4v) is 13.2. The Kier molecular flexibility index (Phi) is 12.5. The van der Waals surface area contributed by atoms with Gasteiger partial charge in [-0.05, 0) is 89.0 Å². The lowest BCUT2D eigenvalue weighted by Crippen LogP contribution is -2.65. The molecule has 8 fully saturated rings. The number of rotatable bonds is 3. The van der Waals surface area contributed by atoms with Gasteiger partial charge < -0.3 is 52.5 Å². The Hall–Kier alpha value is -2.04. The van der Waals surface area contributed by atoms with Crippen molar-refractivity contribution >= 4 is 12.3 Å². The zero-order valence-electron chi connectivity index (χ0n) is 37.1. The quantitative estimate of drug-likeness (QED) is 0.155. The number of esters is 1. The van der Waals surface area contributed by atoms with Crippen LogP contribution >= 0.6 is 0 Å². The Morgan fingerprint density at radius 3 is 2.26 bits per heavy atom. The number of ether oxygens (including phenoxy) is 10. The lowest BCUT2D eigenvalue weighted by Gasteiger charge is -2.55. The van der Waals surface area contributed by atoms with Gasteiger partial charge in [0.05, 0.1) is 103 Å². The highest BCUT2D eigenvalue weighted by Crippen LogP contribution is 2.48. The number of carbonyl (C=O) groups excluding carboxylic acids is 2. The molecule has 13 heteroatoms. The van der Waals surface area contributed by atoms with Crippen LogP contribution in [-0.2, 0) is 57.0 Å². The minimum absolute atomic E-state index is 0.0861. The van der Waals surface area contributed by atoms with E-state index in [2.05, 4.69) is 58.6 Å². The largest absolute Gasteiger partial charge is 0.459 e. The second-order valence-electron chi connectivity index (χ2n) is 21.2. The summed E-state index contributed by atoms with van der Waals surface area (Å²) in [6, 6.07) is 0. The van der Waals surface area contributed by atoms with Gasteiger partial charge in [-0.3, -0.25) is 9.59 Å². The summed E-state index contributed by atoms with van der Waals surface area (Å²) in [5.41, 5.74) is -0.638. The van der Waals surface area contributed by atoms with E-state index in [4.69, 9.17) is 47.4 Å². The van der Waals surface area contributed by atoms with E-state index in [1.165, 1.54) is 0 Å². The molecular weight excluding hydrogens is 797 g/mol. The molecule has 0 aromatic carbocycles. The van der Waals surface area contributed by atoms with E-state index >= 15 is 0 Å². The summed E-state index contributed by atoms with van der Waals surface area (Å²) in [6.07, 6.45) is 15.7. The van der Waals surface area contributed by atoms with E-state index in [1.54, 1.807) is 0 Å². The fraction of sp³-hybridized carbons (Fsp3) is 0.837. The van der Waals surface area contributed by atoms with E-state index < -0.39 is 23.4 Å². The third-order valence-corrected chi connectivity index (χ3v) is 16.2. The van der Waals surface area contributed by atoms with Gasteiger partial charge in [0, 0.05) is 32.1 Å². The molecule has 1 N–H and O–H groups in total. The molecule has 0 saturated carbocycles. The highest BCUT2D eigenvalue weighted by molar-refractivity contribution is 5.72. The molecule has 8 saturated heterocycles. The first-order valence-corrected chi connectivity index (χ1v) is 24.1. The first kappa shape index (κ1) is 43.8. The third-order valence-electron chi connectivity index (χ3n) is 16.2. The monoisotopic (exact) mass is 866 g/mol. The number of fused-ring (bicyclic) bond motifs is 9. The van der Waals surface area contributed by atoms with Crippen molar-refractivity contribution < 1.29 is 62.1 Å². The van der Waals surface area contributed by atoms with Crippen LogP contribution in [0.2, 0.25) is 0 Å². The summed E-state index contributed by atoms with van der Waals surface area (Å²) in [7, 11) is 0. The van der Waals surface area contributed by atoms with Crippen LogP contribution in [0.1, 0.15) is 124 Å². The van der Waals surface area contributed by atoms with E-state index in [0.717, 1.165) is 57.7 Å². The van der Waals surface area contributed by atoms with Gasteiger partial charge in [-0.15, -0.1) is 0 Å². The molecule has 0 aromatic heterocycles. The van der Waals surface area contributed by atoms with Crippen LogP contribution in [0.3, 0.4) is 0 Å². The summed E-state index contributed by atoms with van der Waals surface area (Å²) in [5, 5.41) is 11.2. The summed E-state index contributed by atoms with van der Waals surface area (Å²) in [6.45, 7) is 12.7. The molecule has 22 atom stereocenters. The minimum Gasteiger partial charge on any atom is -0.459 e. The van der Waals surface area contributed by atoms with Gasteiger partial charge >= 0.3 is 5.97 Å². The Bertz CT molecular complexity index is 1720. The van der Waals surface area contributed by atoms with E-state index in [0.29, 0.717) is 56.4 Å². The van der Waals surface area contributed by atoms with Crippen molar-refractivity contribution in [3.05, 3.63) is 36.5 Å². The second kappa shape index (κ2) is 17.6. The SMILES string of the molecule is C=C(C=O)CC1CC(O)C2OC3CC4(C)OC5/C=C\CC6OC7C(C)CC8OC9(C)CC(C)CC%10OC(=O)CC%10OC9CC8OC7C/C=C\CC6OC5CCCC4OC3CC2O1. The molecule has 0 radical (unpaired) electrons. The van der Waals surface area contributed by atoms with Crippen LogP contribution in [0.4, 0.5) is 0 Å². The van der Waals surface area contributed by atoms with Crippen molar-refractivity contribution in [2.45, 2.75) is 245 Å². The van der Waals surface area contributed by atoms with Gasteiger partial charge in [-0.25, -0.2) is 0 Å². The van der Waals surface area contributed by atoms with Crippen LogP contribution in [0.5, 0.6) is 0 Å². The zero-order chi connectivity index (χ0) is 42.9. The van der Waals surface area contributed by atoms with E-state index in [1.807, 2.05) is 0 Å². The summed E-state index contributed by atoms with van der Waals surface area (Å²) >= 11 is 0. The minimum atomic E-state index is -0.697. The Morgan fingerprint density at radius 2 is 1.42 bits per heavy atom. The molecule has 22 unspecified atom stereocenters. The van der Waals surface area contributed by atoms with Crippen LogP contribution < -0.4 is 0 Å². The standard InChI is InChI=1S/C49H70O13/c1-26-17-36-39(22-45(52)58-36)57-44-21-38-40(62-48(44,4)23-26)18-28(3)46-35(55-38)11-7-6-10-31-32(59-46)12-8-14-34-33(54-31)13-9-15-43-49(5,61-34)24-42-37(56-43)20-41-47(60-42)30(51)19-29(53-41)16-27(2)25-50/h6-8,14,25-26,28-44,46-47,51H,2,9-13,15-24H2,1,3-5H3/b7-6-,14-8-. The molecule has 0 amide bonds. The number of hydrogen-bond donors (Lipinski definition) is 1. The van der Waals surface area contributed by atoms with Crippen molar-refractivity contribution in [3.63, 3.8) is 0 Å². The van der Waals surface area contributed by atoms with Crippen LogP contribution in [0.15, 0.2) is 36.5 Å². The topological polar surface area (TPSA) is 147 Å². The van der Waals surface area contributed by atoms with Crippen LogP contribution in [0.25, 0.3) is 0 Å². The van der Waals surface area contributed by atoms with Crippen molar-refractivity contribution in [2.75, 3.05) is 0 Å². The summed E-state index contributed by atoms with van der Waals surface area (Å²) in [4.78, 5) is 23.6. The molecular formula is C49H70O13. The summed E-state index contributed by atoms with van der Waals surface area (Å²) < 4.78 is 68.1. The van der Waals surface area contributed by atoms with E-state index in [9.17, 15) is 14.7 Å². The molecule has 13 nitrogen and oxygen atoms in total. The normalized spacial score (nSPS) is 53.8. The first-order valence-electron chi connectivity index (χ1n) is 24.1. The van der Waals surface area contributed by atoms with Crippen molar-refractivity contribution in [3.8, 4) is 0 Å². The number of carbonyl (C=O) groups is 2. The predicted molar refractivity (Wildman–Crippen MR) is 224 cm³/mol. The lowest BCUT2D eigenvalue weighted by molar-refractivity contribution is -0.316. The molecule has 10 rings (SSSR count). The molecule has 10 heterocycles. The number of aliphatic hydroxyl groups is 1. The summed E-state index contributed by atoms with van der Waals surface area (Å²) in [5.74, 6) is 0.336. The molecule has 0 aromatic rings. The maximum atomic E-state index is 12.3. The van der Waals surface area contributed by atoms with Crippen LogP contribution in [0, 0.1) is 11.8 Å². The molecule has 0 aliphatic carbocycles. The van der Waals surface area contributed by atoms with Gasteiger partial charge in [-0.1, -0.05) is 44.7 Å². The highest BCUT2D eigenvalue weighted by atomic mass is 16.6. The predicted octanol–water partition coefficient (Wildman–Crippen LogP) is 5.95. The van der Waals surface area contributed by atoms with Gasteiger partial charge in [0.15, 0.2) is 0 Å². The maximum absolute atomic E-state index is 12.3. The molecule has 10 aliphatic heterocycles. The fourth-order valence-electron chi connectivity index (χ4n) is 13.2. The molecule has 0 bridgehead atoms. The average Bonchev–Trinajstić information content (AvgIpc) is 3.52. The zero-order valence-corrected chi connectivity index (χ0v) is 37.1.